The third-order valence-electron chi connectivity index (χ3n) is 2.52. The summed E-state index contributed by atoms with van der Waals surface area (Å²) in [5.74, 6) is -0.341. The van der Waals surface area contributed by atoms with Crippen molar-refractivity contribution in [3.05, 3.63) is 53.6 Å². The molecule has 0 aliphatic heterocycles. The quantitative estimate of drug-likeness (QED) is 0.857. The fourth-order valence-corrected chi connectivity index (χ4v) is 1.59. The zero-order valence-electron chi connectivity index (χ0n) is 9.37. The SMILES string of the molecule is CC(NCc1ncc[nH]1)c1cc(F)cc(F)c1. The zero-order chi connectivity index (χ0) is 12.3. The molecule has 2 N–H and O–H groups in total. The van der Waals surface area contributed by atoms with Crippen molar-refractivity contribution in [1.29, 1.82) is 0 Å². The molecule has 1 unspecified atom stereocenters. The fourth-order valence-electron chi connectivity index (χ4n) is 1.59. The molecule has 0 saturated carbocycles. The average Bonchev–Trinajstić information content (AvgIpc) is 2.77. The Morgan fingerprint density at radius 3 is 2.59 bits per heavy atom. The van der Waals surface area contributed by atoms with Crippen molar-refractivity contribution in [2.75, 3.05) is 0 Å². The van der Waals surface area contributed by atoms with Crippen LogP contribution in [0.4, 0.5) is 8.78 Å². The first-order valence-electron chi connectivity index (χ1n) is 5.33. The summed E-state index contributed by atoms with van der Waals surface area (Å²) in [5, 5.41) is 3.13. The van der Waals surface area contributed by atoms with E-state index in [-0.39, 0.29) is 6.04 Å². The number of benzene rings is 1. The average molecular weight is 237 g/mol. The van der Waals surface area contributed by atoms with Gasteiger partial charge in [0.25, 0.3) is 0 Å². The third kappa shape index (κ3) is 3.10. The minimum Gasteiger partial charge on any atom is -0.348 e. The van der Waals surface area contributed by atoms with Crippen molar-refractivity contribution >= 4 is 0 Å². The topological polar surface area (TPSA) is 40.7 Å². The van der Waals surface area contributed by atoms with Crippen LogP contribution in [0.3, 0.4) is 0 Å². The highest BCUT2D eigenvalue weighted by atomic mass is 19.1. The summed E-state index contributed by atoms with van der Waals surface area (Å²) in [6.45, 7) is 2.36. The molecule has 0 aliphatic rings. The number of nitrogens with one attached hydrogen (secondary N) is 2. The van der Waals surface area contributed by atoms with Crippen LogP contribution in [0, 0.1) is 11.6 Å². The molecular formula is C12H13F2N3. The molecule has 5 heteroatoms. The van der Waals surface area contributed by atoms with Gasteiger partial charge in [-0.15, -0.1) is 0 Å². The molecule has 0 saturated heterocycles. The number of hydrogen-bond acceptors (Lipinski definition) is 2. The lowest BCUT2D eigenvalue weighted by atomic mass is 10.1. The van der Waals surface area contributed by atoms with Gasteiger partial charge in [0.05, 0.1) is 6.54 Å². The first-order chi connectivity index (χ1) is 8.15. The minimum atomic E-state index is -0.563. The second kappa shape index (κ2) is 5.05. The molecule has 0 amide bonds. The van der Waals surface area contributed by atoms with Crippen LogP contribution in [0.25, 0.3) is 0 Å². The van der Waals surface area contributed by atoms with Gasteiger partial charge >= 0.3 is 0 Å². The molecule has 0 bridgehead atoms. The lowest BCUT2D eigenvalue weighted by Crippen LogP contribution is -2.19. The Morgan fingerprint density at radius 2 is 2.00 bits per heavy atom. The number of hydrogen-bond donors (Lipinski definition) is 2. The van der Waals surface area contributed by atoms with Gasteiger partial charge in [0.15, 0.2) is 0 Å². The van der Waals surface area contributed by atoms with Gasteiger partial charge in [0, 0.05) is 24.5 Å². The van der Waals surface area contributed by atoms with E-state index in [1.165, 1.54) is 12.1 Å². The van der Waals surface area contributed by atoms with Crippen molar-refractivity contribution in [2.24, 2.45) is 0 Å². The van der Waals surface area contributed by atoms with Crippen LogP contribution in [-0.2, 0) is 6.54 Å². The van der Waals surface area contributed by atoms with Gasteiger partial charge in [-0.25, -0.2) is 13.8 Å². The Kier molecular flexibility index (Phi) is 3.49. The molecule has 90 valence electrons. The Bertz CT molecular complexity index is 462. The third-order valence-corrected chi connectivity index (χ3v) is 2.52. The first-order valence-corrected chi connectivity index (χ1v) is 5.33. The highest BCUT2D eigenvalue weighted by Crippen LogP contribution is 2.16. The lowest BCUT2D eigenvalue weighted by Gasteiger charge is -2.13. The predicted octanol–water partition coefficient (Wildman–Crippen LogP) is 2.54. The molecule has 17 heavy (non-hydrogen) atoms. The van der Waals surface area contributed by atoms with E-state index in [0.717, 1.165) is 11.9 Å². The number of rotatable bonds is 4. The number of halogens is 2. The van der Waals surface area contributed by atoms with Gasteiger partial charge in [-0.05, 0) is 24.6 Å². The maximum Gasteiger partial charge on any atom is 0.126 e. The monoisotopic (exact) mass is 237 g/mol. The molecule has 3 nitrogen and oxygen atoms in total. The molecule has 1 atom stereocenters. The smallest absolute Gasteiger partial charge is 0.126 e. The van der Waals surface area contributed by atoms with Crippen LogP contribution in [-0.4, -0.2) is 9.97 Å². The van der Waals surface area contributed by atoms with Crippen LogP contribution >= 0.6 is 0 Å². The molecule has 0 spiro atoms. The minimum absolute atomic E-state index is 0.148. The van der Waals surface area contributed by atoms with Crippen LogP contribution in [0.15, 0.2) is 30.6 Å². The van der Waals surface area contributed by atoms with Gasteiger partial charge in [-0.2, -0.15) is 0 Å². The van der Waals surface area contributed by atoms with Crippen molar-refractivity contribution < 1.29 is 8.78 Å². The van der Waals surface area contributed by atoms with E-state index in [1.807, 2.05) is 6.92 Å². The summed E-state index contributed by atoms with van der Waals surface area (Å²) in [6, 6.07) is 3.36. The van der Waals surface area contributed by atoms with Crippen molar-refractivity contribution in [3.63, 3.8) is 0 Å². The Balaban J connectivity index is 2.01. The van der Waals surface area contributed by atoms with Crippen molar-refractivity contribution in [2.45, 2.75) is 19.5 Å². The number of imidazole rings is 1. The molecule has 1 heterocycles. The summed E-state index contributed by atoms with van der Waals surface area (Å²) in [6.07, 6.45) is 3.38. The van der Waals surface area contributed by atoms with Gasteiger partial charge in [-0.3, -0.25) is 0 Å². The summed E-state index contributed by atoms with van der Waals surface area (Å²) >= 11 is 0. The van der Waals surface area contributed by atoms with Crippen molar-refractivity contribution in [3.8, 4) is 0 Å². The Hall–Kier alpha value is -1.75. The fraction of sp³-hybridized carbons (Fsp3) is 0.250. The van der Waals surface area contributed by atoms with Crippen LogP contribution in [0.5, 0.6) is 0 Å². The number of H-pyrrole nitrogens is 1. The molecule has 0 aliphatic carbocycles. The molecule has 0 radical (unpaired) electrons. The van der Waals surface area contributed by atoms with Crippen LogP contribution in [0.2, 0.25) is 0 Å². The molecule has 1 aromatic carbocycles. The summed E-state index contributed by atoms with van der Waals surface area (Å²) in [7, 11) is 0. The van der Waals surface area contributed by atoms with E-state index in [9.17, 15) is 8.78 Å². The van der Waals surface area contributed by atoms with Crippen LogP contribution < -0.4 is 5.32 Å². The number of aromatic nitrogens is 2. The number of nitrogens with zero attached hydrogens (tertiary/aromatic N) is 1. The molecular weight excluding hydrogens is 224 g/mol. The largest absolute Gasteiger partial charge is 0.348 e. The van der Waals surface area contributed by atoms with E-state index in [2.05, 4.69) is 15.3 Å². The number of aromatic amines is 1. The molecule has 0 fully saturated rings. The molecule has 2 rings (SSSR count). The van der Waals surface area contributed by atoms with Gasteiger partial charge < -0.3 is 10.3 Å². The van der Waals surface area contributed by atoms with E-state index in [1.54, 1.807) is 12.4 Å². The van der Waals surface area contributed by atoms with E-state index in [0.29, 0.717) is 12.1 Å². The second-order valence-corrected chi connectivity index (χ2v) is 3.84. The maximum absolute atomic E-state index is 13.0. The Morgan fingerprint density at radius 1 is 1.29 bits per heavy atom. The van der Waals surface area contributed by atoms with Gasteiger partial charge in [-0.1, -0.05) is 0 Å². The van der Waals surface area contributed by atoms with E-state index >= 15 is 0 Å². The highest BCUT2D eigenvalue weighted by Gasteiger charge is 2.08. The summed E-state index contributed by atoms with van der Waals surface area (Å²) < 4.78 is 26.0. The van der Waals surface area contributed by atoms with Gasteiger partial charge in [0.1, 0.15) is 17.5 Å². The summed E-state index contributed by atoms with van der Waals surface area (Å²) in [5.41, 5.74) is 0.578. The first kappa shape index (κ1) is 11.7. The zero-order valence-corrected chi connectivity index (χ0v) is 9.37. The normalized spacial score (nSPS) is 12.6. The predicted molar refractivity (Wildman–Crippen MR) is 60.2 cm³/mol. The second-order valence-electron chi connectivity index (χ2n) is 3.84. The maximum atomic E-state index is 13.0. The van der Waals surface area contributed by atoms with E-state index < -0.39 is 11.6 Å². The van der Waals surface area contributed by atoms with Crippen LogP contribution in [0.1, 0.15) is 24.4 Å². The summed E-state index contributed by atoms with van der Waals surface area (Å²) in [4.78, 5) is 7.00. The van der Waals surface area contributed by atoms with Gasteiger partial charge in [0.2, 0.25) is 0 Å². The Labute approximate surface area is 97.9 Å². The lowest BCUT2D eigenvalue weighted by molar-refractivity contribution is 0.539. The molecule has 2 aromatic rings. The van der Waals surface area contributed by atoms with Crippen molar-refractivity contribution in [1.82, 2.24) is 15.3 Å². The molecule has 1 aromatic heterocycles. The highest BCUT2D eigenvalue weighted by molar-refractivity contribution is 5.20. The van der Waals surface area contributed by atoms with E-state index in [4.69, 9.17) is 0 Å². The standard InChI is InChI=1S/C12H13F2N3/c1-8(17-7-12-15-2-3-16-12)9-4-10(13)6-11(14)5-9/h2-6,8,17H,7H2,1H3,(H,15,16).